The van der Waals surface area contributed by atoms with Crippen molar-refractivity contribution in [3.8, 4) is 0 Å². The molecule has 0 unspecified atom stereocenters. The van der Waals surface area contributed by atoms with Crippen LogP contribution in [0.25, 0.3) is 5.52 Å². The fourth-order valence-corrected chi connectivity index (χ4v) is 4.12. The number of pyridine rings is 1. The van der Waals surface area contributed by atoms with Gasteiger partial charge in [-0.15, -0.1) is 5.10 Å². The molecule has 29 heavy (non-hydrogen) atoms. The summed E-state index contributed by atoms with van der Waals surface area (Å²) in [6.45, 7) is 4.55. The van der Waals surface area contributed by atoms with Crippen molar-refractivity contribution in [3.63, 3.8) is 0 Å². The number of aliphatic hydroxyl groups excluding tert-OH is 1. The van der Waals surface area contributed by atoms with Crippen LogP contribution < -0.4 is 5.32 Å². The molecular formula is C22H29N6O+. The number of aromatic nitrogens is 2. The smallest absolute Gasteiger partial charge is 0.175 e. The summed E-state index contributed by atoms with van der Waals surface area (Å²) in [5.41, 5.74) is 2.28. The third-order valence-electron chi connectivity index (χ3n) is 5.78. The molecule has 7 heteroatoms. The van der Waals surface area contributed by atoms with Gasteiger partial charge in [0.05, 0.1) is 37.9 Å². The van der Waals surface area contributed by atoms with Crippen LogP contribution in [0.4, 0.5) is 11.5 Å². The molecule has 1 saturated heterocycles. The number of aliphatic hydroxyl groups is 1. The molecule has 0 bridgehead atoms. The summed E-state index contributed by atoms with van der Waals surface area (Å²) in [5.74, 6) is 0.716. The number of anilines is 1. The highest BCUT2D eigenvalue weighted by Gasteiger charge is 2.24. The summed E-state index contributed by atoms with van der Waals surface area (Å²) in [5, 5.41) is 25.9. The minimum Gasteiger partial charge on any atom is -0.506 e. The average molecular weight is 394 g/mol. The van der Waals surface area contributed by atoms with Gasteiger partial charge in [0.1, 0.15) is 17.2 Å². The fraction of sp³-hybridized carbons (Fsp3) is 0.409. The van der Waals surface area contributed by atoms with E-state index in [0.717, 1.165) is 23.0 Å². The number of hydrogen-bond acceptors (Lipinski definition) is 5. The van der Waals surface area contributed by atoms with E-state index in [9.17, 15) is 5.11 Å². The monoisotopic (exact) mass is 393 g/mol. The summed E-state index contributed by atoms with van der Waals surface area (Å²) >= 11 is 0. The number of rotatable bonds is 6. The van der Waals surface area contributed by atoms with Crippen LogP contribution in [-0.4, -0.2) is 63.9 Å². The Morgan fingerprint density at radius 3 is 2.86 bits per heavy atom. The van der Waals surface area contributed by atoms with Crippen molar-refractivity contribution in [1.82, 2.24) is 9.61 Å². The van der Waals surface area contributed by atoms with Crippen LogP contribution in [0.1, 0.15) is 25.7 Å². The molecule has 0 spiro atoms. The summed E-state index contributed by atoms with van der Waals surface area (Å²) in [6, 6.07) is 5.85. The lowest BCUT2D eigenvalue weighted by molar-refractivity contribution is -0.914. The first-order valence-corrected chi connectivity index (χ1v) is 10.4. The number of fused-ring (bicyclic) bond motifs is 1. The van der Waals surface area contributed by atoms with Gasteiger partial charge in [-0.1, -0.05) is 6.07 Å². The largest absolute Gasteiger partial charge is 0.506 e. The van der Waals surface area contributed by atoms with Gasteiger partial charge in [0.2, 0.25) is 0 Å². The van der Waals surface area contributed by atoms with Gasteiger partial charge < -0.3 is 20.3 Å². The second-order valence-corrected chi connectivity index (χ2v) is 8.17. The van der Waals surface area contributed by atoms with E-state index >= 15 is 0 Å². The highest BCUT2D eigenvalue weighted by atomic mass is 16.3. The highest BCUT2D eigenvalue weighted by Crippen LogP contribution is 2.31. The highest BCUT2D eigenvalue weighted by molar-refractivity contribution is 6.20. The van der Waals surface area contributed by atoms with Crippen molar-refractivity contribution in [3.05, 3.63) is 48.4 Å². The number of piperidine rings is 1. The minimum atomic E-state index is 0.00116. The Balaban J connectivity index is 1.52. The van der Waals surface area contributed by atoms with Crippen LogP contribution in [0.3, 0.4) is 0 Å². The van der Waals surface area contributed by atoms with E-state index in [0.29, 0.717) is 17.2 Å². The number of hydrogen-bond donors (Lipinski definition) is 3. The Labute approximate surface area is 171 Å². The lowest BCUT2D eigenvalue weighted by Gasteiger charge is -2.37. The second-order valence-electron chi connectivity index (χ2n) is 8.17. The Morgan fingerprint density at radius 2 is 2.07 bits per heavy atom. The summed E-state index contributed by atoms with van der Waals surface area (Å²) in [6.07, 6.45) is 11.7. The van der Waals surface area contributed by atoms with Crippen molar-refractivity contribution < 1.29 is 9.59 Å². The predicted molar refractivity (Wildman–Crippen MR) is 118 cm³/mol. The number of likely N-dealkylation sites (tertiary alicyclic amines) is 1. The Morgan fingerprint density at radius 1 is 1.24 bits per heavy atom. The Bertz CT molecular complexity index is 994. The number of nitrogens with one attached hydrogen (secondary N) is 2. The first kappa shape index (κ1) is 19.4. The summed E-state index contributed by atoms with van der Waals surface area (Å²) < 4.78 is 2.97. The molecule has 0 atom stereocenters. The van der Waals surface area contributed by atoms with Crippen molar-refractivity contribution in [2.75, 3.05) is 38.5 Å². The topological polar surface area (TPSA) is 85.8 Å². The molecule has 3 N–H and O–H groups in total. The lowest BCUT2D eigenvalue weighted by atomic mass is 10.1. The van der Waals surface area contributed by atoms with E-state index in [1.165, 1.54) is 45.0 Å². The normalized spacial score (nSPS) is 20.2. The predicted octanol–water partition coefficient (Wildman–Crippen LogP) is 3.87. The molecule has 152 valence electrons. The average Bonchev–Trinajstić information content (AvgIpc) is 3.05. The number of allylic oxidation sites excluding steroid dienone is 3. The summed E-state index contributed by atoms with van der Waals surface area (Å²) in [7, 11) is 2.36. The van der Waals surface area contributed by atoms with E-state index in [4.69, 9.17) is 5.41 Å². The first-order chi connectivity index (χ1) is 14.0. The maximum atomic E-state index is 10.2. The third kappa shape index (κ3) is 4.40. The summed E-state index contributed by atoms with van der Waals surface area (Å²) in [4.78, 5) is 4.67. The van der Waals surface area contributed by atoms with Gasteiger partial charge in [0.25, 0.3) is 0 Å². The van der Waals surface area contributed by atoms with Gasteiger partial charge in [-0.05, 0) is 43.5 Å². The van der Waals surface area contributed by atoms with Crippen molar-refractivity contribution in [2.45, 2.75) is 25.7 Å². The molecule has 0 radical (unpaired) electrons. The molecule has 0 saturated carbocycles. The van der Waals surface area contributed by atoms with Crippen LogP contribution >= 0.6 is 0 Å². The third-order valence-corrected chi connectivity index (χ3v) is 5.78. The molecule has 0 aromatic carbocycles. The van der Waals surface area contributed by atoms with Crippen LogP contribution in [0.5, 0.6) is 0 Å². The second kappa shape index (κ2) is 8.21. The minimum absolute atomic E-state index is 0.00116. The molecule has 1 fully saturated rings. The van der Waals surface area contributed by atoms with Crippen LogP contribution in [0, 0.1) is 5.41 Å². The van der Waals surface area contributed by atoms with Crippen LogP contribution in [0.2, 0.25) is 0 Å². The lowest BCUT2D eigenvalue weighted by Crippen LogP contribution is -2.48. The molecule has 1 aliphatic carbocycles. The molecule has 1 aliphatic heterocycles. The van der Waals surface area contributed by atoms with E-state index in [-0.39, 0.29) is 11.5 Å². The zero-order chi connectivity index (χ0) is 20.3. The van der Waals surface area contributed by atoms with Crippen molar-refractivity contribution in [2.24, 2.45) is 4.99 Å². The van der Waals surface area contributed by atoms with Gasteiger partial charge in [-0.2, -0.15) is 0 Å². The maximum absolute atomic E-state index is 10.2. The zero-order valence-electron chi connectivity index (χ0n) is 16.9. The molecular weight excluding hydrogens is 364 g/mol. The van der Waals surface area contributed by atoms with E-state index in [1.54, 1.807) is 16.7 Å². The van der Waals surface area contributed by atoms with Gasteiger partial charge >= 0.3 is 0 Å². The Kier molecular flexibility index (Phi) is 5.49. The van der Waals surface area contributed by atoms with Gasteiger partial charge in [-0.25, -0.2) is 9.51 Å². The SMILES string of the molecule is C[N+]1(CCCNc2nn3ccccc3c2/N=C2\C=CC(=N)C=C2O)CCCCC1. The number of aliphatic imine (C=N–C) groups is 1. The van der Waals surface area contributed by atoms with E-state index in [1.807, 2.05) is 24.4 Å². The molecule has 2 aliphatic rings. The standard InChI is InChI=1S/C22H28N6O/c1-28(13-5-2-6-14-28)15-7-11-24-22-21(19-8-3-4-12-27(19)26-22)25-18-10-9-17(23)16-20(18)29/h3-4,8-10,12,16H,2,5-7,11,13-15H2,1H3,(H2-,23,24,26,29)/p+1/b25-18+. The molecule has 0 amide bonds. The maximum Gasteiger partial charge on any atom is 0.175 e. The molecule has 2 aromatic rings. The van der Waals surface area contributed by atoms with Crippen LogP contribution in [0.15, 0.2) is 53.4 Å². The Hall–Kier alpha value is -2.93. The quantitative estimate of drug-likeness (QED) is 0.396. The van der Waals surface area contributed by atoms with Crippen molar-refractivity contribution in [1.29, 1.82) is 5.41 Å². The van der Waals surface area contributed by atoms with E-state index < -0.39 is 0 Å². The molecule has 4 rings (SSSR count). The van der Waals surface area contributed by atoms with Crippen LogP contribution in [-0.2, 0) is 0 Å². The molecule has 7 nitrogen and oxygen atoms in total. The van der Waals surface area contributed by atoms with Gasteiger partial charge in [0.15, 0.2) is 5.82 Å². The molecule has 3 heterocycles. The molecule has 2 aromatic heterocycles. The first-order valence-electron chi connectivity index (χ1n) is 10.4. The number of nitrogens with zero attached hydrogens (tertiary/aromatic N) is 4. The van der Waals surface area contributed by atoms with E-state index in [2.05, 4.69) is 22.5 Å². The van der Waals surface area contributed by atoms with Crippen molar-refractivity contribution >= 4 is 28.4 Å². The van der Waals surface area contributed by atoms with Gasteiger partial charge in [0, 0.05) is 25.2 Å². The number of quaternary nitrogens is 1. The zero-order valence-corrected chi connectivity index (χ0v) is 16.9. The van der Waals surface area contributed by atoms with Gasteiger partial charge in [-0.3, -0.25) is 0 Å². The fourth-order valence-electron chi connectivity index (χ4n) is 4.12.